The number of carbonyl (C=O) groups is 2. The largest absolute Gasteiger partial charge is 0.495 e. The van der Waals surface area contributed by atoms with Crippen LogP contribution in [0.2, 0.25) is 0 Å². The minimum Gasteiger partial charge on any atom is -0.495 e. The number of nitrogens with zero attached hydrogens (tertiary/aromatic N) is 1. The van der Waals surface area contributed by atoms with Crippen LogP contribution in [0.3, 0.4) is 0 Å². The molecule has 2 N–H and O–H groups in total. The molecule has 0 aliphatic rings. The first-order valence-corrected chi connectivity index (χ1v) is 5.75. The van der Waals surface area contributed by atoms with Gasteiger partial charge < -0.3 is 15.2 Å². The maximum absolute atomic E-state index is 12.0. The zero-order valence-corrected chi connectivity index (χ0v) is 10.7. The summed E-state index contributed by atoms with van der Waals surface area (Å²) in [6, 6.07) is 9.65. The zero-order chi connectivity index (χ0) is 14.5. The molecule has 1 aromatic carbocycles. The van der Waals surface area contributed by atoms with Crippen molar-refractivity contribution in [3.05, 3.63) is 53.9 Å². The number of carboxylic acids is 1. The highest BCUT2D eigenvalue weighted by atomic mass is 16.5. The summed E-state index contributed by atoms with van der Waals surface area (Å²) in [5.41, 5.74) is 0.670. The molecular formula is C14H12N2O4. The number of para-hydroxylation sites is 2. The van der Waals surface area contributed by atoms with E-state index in [0.29, 0.717) is 11.4 Å². The molecule has 0 radical (unpaired) electrons. The van der Waals surface area contributed by atoms with Gasteiger partial charge in [-0.05, 0) is 24.3 Å². The van der Waals surface area contributed by atoms with Crippen molar-refractivity contribution in [3.63, 3.8) is 0 Å². The summed E-state index contributed by atoms with van der Waals surface area (Å²) in [6.45, 7) is 0. The summed E-state index contributed by atoms with van der Waals surface area (Å²) in [5.74, 6) is -0.997. The van der Waals surface area contributed by atoms with Crippen LogP contribution in [0.5, 0.6) is 5.75 Å². The first kappa shape index (κ1) is 13.5. The Morgan fingerprint density at radius 3 is 2.55 bits per heavy atom. The van der Waals surface area contributed by atoms with E-state index in [1.165, 1.54) is 19.2 Å². The fraction of sp³-hybridized carbons (Fsp3) is 0.0714. The van der Waals surface area contributed by atoms with Crippen LogP contribution in [0.25, 0.3) is 0 Å². The highest BCUT2D eigenvalue weighted by Crippen LogP contribution is 2.23. The summed E-state index contributed by atoms with van der Waals surface area (Å²) in [7, 11) is 1.50. The van der Waals surface area contributed by atoms with Gasteiger partial charge in [-0.3, -0.25) is 9.78 Å². The highest BCUT2D eigenvalue weighted by Gasteiger charge is 2.11. The number of methoxy groups -OCH3 is 1. The van der Waals surface area contributed by atoms with Crippen LogP contribution in [0.15, 0.2) is 42.6 Å². The van der Waals surface area contributed by atoms with Gasteiger partial charge in [0, 0.05) is 6.20 Å². The first-order chi connectivity index (χ1) is 9.61. The monoisotopic (exact) mass is 272 g/mol. The lowest BCUT2D eigenvalue weighted by molar-refractivity contribution is 0.0696. The van der Waals surface area contributed by atoms with E-state index in [1.54, 1.807) is 24.3 Å². The number of aromatic nitrogens is 1. The number of ether oxygens (including phenoxy) is 1. The molecule has 2 rings (SSSR count). The minimum atomic E-state index is -1.09. The topological polar surface area (TPSA) is 88.5 Å². The number of carbonyl (C=O) groups excluding carboxylic acids is 1. The fourth-order valence-corrected chi connectivity index (χ4v) is 1.59. The van der Waals surface area contributed by atoms with E-state index >= 15 is 0 Å². The summed E-state index contributed by atoms with van der Waals surface area (Å²) >= 11 is 0. The Bertz CT molecular complexity index is 638. The number of rotatable bonds is 4. The van der Waals surface area contributed by atoms with Crippen LogP contribution in [-0.2, 0) is 0 Å². The third-order valence-electron chi connectivity index (χ3n) is 2.60. The van der Waals surface area contributed by atoms with Crippen molar-refractivity contribution >= 4 is 17.6 Å². The lowest BCUT2D eigenvalue weighted by atomic mass is 10.2. The van der Waals surface area contributed by atoms with E-state index in [9.17, 15) is 9.59 Å². The average molecular weight is 272 g/mol. The minimum absolute atomic E-state index is 0.0267. The van der Waals surface area contributed by atoms with Gasteiger partial charge >= 0.3 is 5.97 Å². The Morgan fingerprint density at radius 1 is 1.20 bits per heavy atom. The van der Waals surface area contributed by atoms with Crippen molar-refractivity contribution in [3.8, 4) is 5.75 Å². The van der Waals surface area contributed by atoms with Gasteiger partial charge in [-0.15, -0.1) is 0 Å². The van der Waals surface area contributed by atoms with E-state index in [2.05, 4.69) is 10.3 Å². The lowest BCUT2D eigenvalue weighted by Gasteiger charge is -2.09. The van der Waals surface area contributed by atoms with Crippen LogP contribution >= 0.6 is 0 Å². The molecule has 1 aromatic heterocycles. The molecule has 0 atom stereocenters. The molecule has 0 aliphatic heterocycles. The molecule has 0 spiro atoms. The van der Waals surface area contributed by atoms with Gasteiger partial charge in [-0.2, -0.15) is 0 Å². The smallest absolute Gasteiger partial charge is 0.337 e. The summed E-state index contributed by atoms with van der Waals surface area (Å²) in [5, 5.41) is 11.4. The predicted molar refractivity (Wildman–Crippen MR) is 72.1 cm³/mol. The Morgan fingerprint density at radius 2 is 1.95 bits per heavy atom. The van der Waals surface area contributed by atoms with Crippen molar-refractivity contribution < 1.29 is 19.4 Å². The van der Waals surface area contributed by atoms with Crippen molar-refractivity contribution in [1.82, 2.24) is 4.98 Å². The van der Waals surface area contributed by atoms with Gasteiger partial charge in [-0.1, -0.05) is 12.1 Å². The quantitative estimate of drug-likeness (QED) is 0.889. The second-order valence-electron chi connectivity index (χ2n) is 3.89. The van der Waals surface area contributed by atoms with Crippen molar-refractivity contribution in [2.75, 3.05) is 12.4 Å². The van der Waals surface area contributed by atoms with E-state index in [0.717, 1.165) is 6.20 Å². The van der Waals surface area contributed by atoms with E-state index in [1.807, 2.05) is 0 Å². The molecule has 0 unspecified atom stereocenters. The Hall–Kier alpha value is -2.89. The molecule has 1 heterocycles. The number of aromatic carboxylic acids is 1. The number of benzene rings is 1. The molecule has 1 amide bonds. The molecule has 0 saturated heterocycles. The van der Waals surface area contributed by atoms with Crippen molar-refractivity contribution in [2.24, 2.45) is 0 Å². The van der Waals surface area contributed by atoms with Crippen LogP contribution in [0.4, 0.5) is 5.69 Å². The Balaban J connectivity index is 2.17. The van der Waals surface area contributed by atoms with Gasteiger partial charge in [0.15, 0.2) is 0 Å². The number of nitrogens with one attached hydrogen (secondary N) is 1. The molecule has 102 valence electrons. The number of carboxylic acid groups (broad SMARTS) is 1. The molecule has 2 aromatic rings. The van der Waals surface area contributed by atoms with Crippen LogP contribution in [0.1, 0.15) is 20.8 Å². The third-order valence-corrected chi connectivity index (χ3v) is 2.60. The SMILES string of the molecule is COc1ccccc1NC(=O)c1ccc(C(=O)O)cn1. The number of hydrogen-bond donors (Lipinski definition) is 2. The van der Waals surface area contributed by atoms with Gasteiger partial charge in [0.2, 0.25) is 0 Å². The molecule has 20 heavy (non-hydrogen) atoms. The number of pyridine rings is 1. The second kappa shape index (κ2) is 5.83. The van der Waals surface area contributed by atoms with Crippen LogP contribution < -0.4 is 10.1 Å². The summed E-state index contributed by atoms with van der Waals surface area (Å²) < 4.78 is 5.12. The van der Waals surface area contributed by atoms with E-state index in [-0.39, 0.29) is 11.3 Å². The molecular weight excluding hydrogens is 260 g/mol. The molecule has 0 aliphatic carbocycles. The predicted octanol–water partition coefficient (Wildman–Crippen LogP) is 2.04. The molecule has 6 heteroatoms. The standard InChI is InChI=1S/C14H12N2O4/c1-20-12-5-3-2-4-10(12)16-13(17)11-7-6-9(8-15-11)14(18)19/h2-8H,1H3,(H,16,17)(H,18,19). The number of hydrogen-bond acceptors (Lipinski definition) is 4. The molecule has 6 nitrogen and oxygen atoms in total. The third kappa shape index (κ3) is 2.92. The van der Waals surface area contributed by atoms with Gasteiger partial charge in [0.25, 0.3) is 5.91 Å². The van der Waals surface area contributed by atoms with E-state index < -0.39 is 11.9 Å². The Labute approximate surface area is 115 Å². The molecule has 0 saturated carbocycles. The van der Waals surface area contributed by atoms with Gasteiger partial charge in [-0.25, -0.2) is 4.79 Å². The normalized spacial score (nSPS) is 9.85. The Kier molecular flexibility index (Phi) is 3.95. The maximum atomic E-state index is 12.0. The second-order valence-corrected chi connectivity index (χ2v) is 3.89. The first-order valence-electron chi connectivity index (χ1n) is 5.75. The number of anilines is 1. The maximum Gasteiger partial charge on any atom is 0.337 e. The number of amides is 1. The summed E-state index contributed by atoms with van der Waals surface area (Å²) in [4.78, 5) is 26.5. The van der Waals surface area contributed by atoms with Crippen LogP contribution in [-0.4, -0.2) is 29.1 Å². The zero-order valence-electron chi connectivity index (χ0n) is 10.7. The van der Waals surface area contributed by atoms with Gasteiger partial charge in [0.1, 0.15) is 11.4 Å². The lowest BCUT2D eigenvalue weighted by Crippen LogP contribution is -2.14. The van der Waals surface area contributed by atoms with Crippen molar-refractivity contribution in [1.29, 1.82) is 0 Å². The highest BCUT2D eigenvalue weighted by molar-refractivity contribution is 6.04. The van der Waals surface area contributed by atoms with Gasteiger partial charge in [0.05, 0.1) is 18.4 Å². The van der Waals surface area contributed by atoms with E-state index in [4.69, 9.17) is 9.84 Å². The molecule has 0 fully saturated rings. The summed E-state index contributed by atoms with van der Waals surface area (Å²) in [6.07, 6.45) is 1.14. The van der Waals surface area contributed by atoms with Crippen molar-refractivity contribution in [2.45, 2.75) is 0 Å². The molecule has 0 bridgehead atoms. The van der Waals surface area contributed by atoms with Crippen LogP contribution in [0, 0.1) is 0 Å². The average Bonchev–Trinajstić information content (AvgIpc) is 2.48. The fourth-order valence-electron chi connectivity index (χ4n) is 1.59.